The number of hydrogen-bond donors (Lipinski definition) is 4. The van der Waals surface area contributed by atoms with Crippen molar-refractivity contribution < 1.29 is 77.2 Å². The van der Waals surface area contributed by atoms with E-state index in [4.69, 9.17) is 53.2 Å². The van der Waals surface area contributed by atoms with E-state index in [1.54, 1.807) is 69.3 Å². The fourth-order valence-corrected chi connectivity index (χ4v) is 9.25. The lowest BCUT2D eigenvalue weighted by atomic mass is 9.79. The predicted octanol–water partition coefficient (Wildman–Crippen LogP) is 2.82. The molecular weight excluding hydrogens is 899 g/mol. The van der Waals surface area contributed by atoms with Gasteiger partial charge in [0.05, 0.1) is 69.4 Å². The number of carbonyl (C=O) groups excluding carboxylic acids is 3. The summed E-state index contributed by atoms with van der Waals surface area (Å²) in [6.07, 6.45) is -0.670. The maximum Gasteiger partial charge on any atom is 0.308 e. The van der Waals surface area contributed by atoms with Gasteiger partial charge in [0.1, 0.15) is 36.7 Å². The van der Waals surface area contributed by atoms with Crippen LogP contribution in [0.4, 0.5) is 0 Å². The molecule has 4 aliphatic heterocycles. The summed E-state index contributed by atoms with van der Waals surface area (Å²) in [5.74, 6) is -3.23. The molecule has 3 saturated heterocycles. The van der Waals surface area contributed by atoms with Crippen LogP contribution in [0, 0.1) is 23.7 Å². The number of fused-ring (bicyclic) bond motifs is 3. The molecule has 0 radical (unpaired) electrons. The molecule has 16 atom stereocenters. The van der Waals surface area contributed by atoms with Gasteiger partial charge in [-0.2, -0.15) is 0 Å². The van der Waals surface area contributed by atoms with Crippen molar-refractivity contribution >= 4 is 29.4 Å². The van der Waals surface area contributed by atoms with Crippen LogP contribution in [0.3, 0.4) is 0 Å². The summed E-state index contributed by atoms with van der Waals surface area (Å²) in [7, 11) is 6.46. The van der Waals surface area contributed by atoms with Gasteiger partial charge in [-0.25, -0.2) is 0 Å². The first-order chi connectivity index (χ1) is 32.9. The van der Waals surface area contributed by atoms with Gasteiger partial charge < -0.3 is 73.4 Å². The number of nitrogens with zero attached hydrogens (tertiary/aromatic N) is 2. The molecule has 19 heteroatoms. The molecule has 1 aromatic rings. The molecule has 19 nitrogen and oxygen atoms in total. The molecule has 0 aliphatic carbocycles. The Hall–Kier alpha value is -3.96. The third-order valence-electron chi connectivity index (χ3n) is 13.2. The maximum atomic E-state index is 14.1. The van der Waals surface area contributed by atoms with Gasteiger partial charge in [0, 0.05) is 44.1 Å². The number of ketones is 1. The topological polar surface area (TPSA) is 246 Å². The number of primary amides is 1. The van der Waals surface area contributed by atoms with E-state index in [1.807, 2.05) is 32.9 Å². The van der Waals surface area contributed by atoms with E-state index in [0.29, 0.717) is 24.1 Å². The second-order valence-corrected chi connectivity index (χ2v) is 18.8. The zero-order chi connectivity index (χ0) is 50.4. The van der Waals surface area contributed by atoms with Crippen molar-refractivity contribution in [3.63, 3.8) is 0 Å². The number of cyclic esters (lactones) is 1. The summed E-state index contributed by atoms with van der Waals surface area (Å²) in [6, 6.07) is 6.13. The number of ether oxygens (including phenoxy) is 9. The lowest BCUT2D eigenvalue weighted by Crippen LogP contribution is -2.63. The molecule has 4 aliphatic rings. The van der Waals surface area contributed by atoms with Crippen LogP contribution in [0.15, 0.2) is 59.3 Å². The first-order valence-corrected chi connectivity index (χ1v) is 23.8. The molecule has 386 valence electrons. The van der Waals surface area contributed by atoms with Gasteiger partial charge in [-0.15, -0.1) is 0 Å². The average molecular weight is 974 g/mol. The fraction of sp³-hybridized carbons (Fsp3) is 0.680. The van der Waals surface area contributed by atoms with Gasteiger partial charge in [-0.3, -0.25) is 14.4 Å². The van der Waals surface area contributed by atoms with Crippen LogP contribution in [-0.2, 0) is 57.1 Å². The Labute approximate surface area is 405 Å². The molecule has 5 rings (SSSR count). The normalized spacial score (nSPS) is 37.8. The lowest BCUT2D eigenvalue weighted by Gasteiger charge is -2.47. The molecule has 1 amide bonds. The monoisotopic (exact) mass is 974 g/mol. The van der Waals surface area contributed by atoms with Gasteiger partial charge in [-0.05, 0) is 83.5 Å². The summed E-state index contributed by atoms with van der Waals surface area (Å²) in [5.41, 5.74) is 7.69. The zero-order valence-electron chi connectivity index (χ0n) is 41.4. The van der Waals surface area contributed by atoms with E-state index in [0.717, 1.165) is 11.1 Å². The van der Waals surface area contributed by atoms with Crippen molar-refractivity contribution in [1.82, 2.24) is 4.90 Å². The number of oxime groups is 1. The lowest BCUT2D eigenvalue weighted by molar-refractivity contribution is -0.305. The summed E-state index contributed by atoms with van der Waals surface area (Å²) in [6.45, 7) is 9.12. The second kappa shape index (κ2) is 27.0. The van der Waals surface area contributed by atoms with Crippen molar-refractivity contribution in [2.45, 2.75) is 127 Å². The molecular formula is C50H75N3O16. The molecule has 3 fully saturated rings. The second-order valence-electron chi connectivity index (χ2n) is 18.8. The van der Waals surface area contributed by atoms with Gasteiger partial charge in [0.15, 0.2) is 18.4 Å². The molecule has 0 aromatic heterocycles. The van der Waals surface area contributed by atoms with Crippen molar-refractivity contribution in [3.8, 4) is 0 Å². The molecule has 0 saturated carbocycles. The number of rotatable bonds is 13. The van der Waals surface area contributed by atoms with Gasteiger partial charge in [0.25, 0.3) is 0 Å². The minimum atomic E-state index is -1.27. The highest BCUT2D eigenvalue weighted by Crippen LogP contribution is 2.36. The van der Waals surface area contributed by atoms with E-state index >= 15 is 0 Å². The van der Waals surface area contributed by atoms with E-state index in [2.05, 4.69) is 5.16 Å². The number of methoxy groups -OCH3 is 2. The molecule has 4 heterocycles. The molecule has 5 N–H and O–H groups in total. The van der Waals surface area contributed by atoms with Crippen molar-refractivity contribution in [2.75, 3.05) is 68.0 Å². The zero-order valence-corrected chi connectivity index (χ0v) is 41.4. The van der Waals surface area contributed by atoms with Crippen LogP contribution >= 0.6 is 0 Å². The predicted molar refractivity (Wildman–Crippen MR) is 253 cm³/mol. The molecule has 1 unspecified atom stereocenters. The number of allylic oxidation sites excluding steroid dienone is 3. The number of likely N-dealkylation sites (N-methyl/N-ethyl adjacent to an activating group) is 1. The molecule has 2 bridgehead atoms. The Morgan fingerprint density at radius 3 is 2.38 bits per heavy atom. The van der Waals surface area contributed by atoms with Crippen molar-refractivity contribution in [2.24, 2.45) is 34.6 Å². The van der Waals surface area contributed by atoms with E-state index in [-0.39, 0.29) is 57.8 Å². The van der Waals surface area contributed by atoms with Gasteiger partial charge in [0.2, 0.25) is 5.91 Å². The highest BCUT2D eigenvalue weighted by molar-refractivity contribution is 5.93. The summed E-state index contributed by atoms with van der Waals surface area (Å²) in [4.78, 5) is 47.1. The Morgan fingerprint density at radius 2 is 1.67 bits per heavy atom. The minimum Gasteiger partial charge on any atom is -0.465 e. The van der Waals surface area contributed by atoms with Crippen molar-refractivity contribution in [3.05, 3.63) is 65.3 Å². The van der Waals surface area contributed by atoms with E-state index < -0.39 is 103 Å². The number of hydrogen-bond acceptors (Lipinski definition) is 18. The Morgan fingerprint density at radius 1 is 0.942 bits per heavy atom. The van der Waals surface area contributed by atoms with Crippen LogP contribution in [0.5, 0.6) is 0 Å². The SMILES string of the molecule is CO[C@@H]1[C@H](O)[C@@H](C)O[C@@H](OC[C@H]2/C=C(C)/C=C/C(=O)[C@H](C)CC3CCOC/C(=N\OC/C=C/c4cccc(C(N)=O)c4)CO[C@H](CC(=O)OC2)[C@H](C)[C@H]3O[C@@H]2O[C@H](C)[C@@H](O)[C@H](N(C)C)[C@H]2O)[C@@H]1OC. The van der Waals surface area contributed by atoms with Gasteiger partial charge in [-0.1, -0.05) is 54.9 Å². The summed E-state index contributed by atoms with van der Waals surface area (Å²) in [5, 5.41) is 37.8. The number of aliphatic hydroxyl groups excluding tert-OH is 3. The third-order valence-corrected chi connectivity index (χ3v) is 13.2. The highest BCUT2D eigenvalue weighted by Gasteiger charge is 2.48. The van der Waals surface area contributed by atoms with Crippen LogP contribution in [-0.4, -0.2) is 185 Å². The number of aliphatic hydroxyl groups is 3. The number of carbonyl (C=O) groups is 3. The third kappa shape index (κ3) is 15.8. The number of nitrogens with two attached hydrogens (primary N) is 1. The first-order valence-electron chi connectivity index (χ1n) is 23.8. The Balaban J connectivity index is 1.45. The first kappa shape index (κ1) is 56.0. The van der Waals surface area contributed by atoms with Crippen molar-refractivity contribution in [1.29, 1.82) is 0 Å². The largest absolute Gasteiger partial charge is 0.465 e. The Kier molecular flexibility index (Phi) is 21.9. The van der Waals surface area contributed by atoms with Crippen LogP contribution in [0.1, 0.15) is 69.8 Å². The number of benzene rings is 1. The molecule has 0 spiro atoms. The van der Waals surface area contributed by atoms with E-state index in [1.165, 1.54) is 20.3 Å². The highest BCUT2D eigenvalue weighted by atomic mass is 16.7. The van der Waals surface area contributed by atoms with Gasteiger partial charge >= 0.3 is 5.97 Å². The smallest absolute Gasteiger partial charge is 0.308 e. The van der Waals surface area contributed by atoms with Crippen LogP contribution in [0.25, 0.3) is 6.08 Å². The Bertz CT molecular complexity index is 1940. The average Bonchev–Trinajstić information content (AvgIpc) is 3.33. The summed E-state index contributed by atoms with van der Waals surface area (Å²) < 4.78 is 55.2. The fourth-order valence-electron chi connectivity index (χ4n) is 9.25. The summed E-state index contributed by atoms with van der Waals surface area (Å²) >= 11 is 0. The molecule has 69 heavy (non-hydrogen) atoms. The quantitative estimate of drug-likeness (QED) is 0.126. The number of amides is 1. The van der Waals surface area contributed by atoms with E-state index in [9.17, 15) is 29.7 Å². The number of esters is 1. The van der Waals surface area contributed by atoms with Crippen LogP contribution < -0.4 is 5.73 Å². The maximum absolute atomic E-state index is 14.1. The standard InChI is InChI=1S/C50H75N3O16/c1-28-15-16-38(54)29(2)21-35-17-19-62-26-37(52-66-18-11-13-33-12-10-14-36(22-33)48(51)59)27-63-39(30(3)45(35)69-49-44(58)41(53(6)7)42(56)31(4)67-49)23-40(55)64-24-34(20-28)25-65-50-47(61-9)46(60-8)43(57)32(5)68-50/h10-16,20,22,29-32,34-35,39,41-47,49-50,56-58H,17-19,21,23-27H2,1-9H3,(H2,51,59)/b13-11+,16-15+,28-20+,52-37+/t29-,30+,31-,32-,34+,35?,39-,41+,42-,43-,44-,45-,46-,47-,49+,50-/m1/s1. The molecule has 1 aromatic carbocycles. The van der Waals surface area contributed by atoms with Crippen LogP contribution in [0.2, 0.25) is 0 Å². The minimum absolute atomic E-state index is 0.0139.